The minimum absolute atomic E-state index is 0.0619. The summed E-state index contributed by atoms with van der Waals surface area (Å²) in [5.74, 6) is -2.57. The van der Waals surface area contributed by atoms with Crippen LogP contribution in [0.4, 0.5) is 10.1 Å². The number of hydrogen-bond donors (Lipinski definition) is 2. The zero-order chi connectivity index (χ0) is 24.9. The van der Waals surface area contributed by atoms with Gasteiger partial charge in [0.25, 0.3) is 5.91 Å². The topological polar surface area (TPSA) is 138 Å². The first-order valence-electron chi connectivity index (χ1n) is 10.7. The second-order valence-electron chi connectivity index (χ2n) is 7.88. The quantitative estimate of drug-likeness (QED) is 0.338. The molecular weight excluding hydrogens is 475 g/mol. The Kier molecular flexibility index (Phi) is 7.49. The zero-order valence-corrected chi connectivity index (χ0v) is 19.4. The number of ether oxygens (including phenoxy) is 2. The monoisotopic (exact) mass is 498 g/mol. The van der Waals surface area contributed by atoms with Gasteiger partial charge in [0.15, 0.2) is 0 Å². The number of halogens is 1. The zero-order valence-electron chi connectivity index (χ0n) is 18.6. The van der Waals surface area contributed by atoms with Crippen molar-refractivity contribution in [1.82, 2.24) is 4.98 Å². The summed E-state index contributed by atoms with van der Waals surface area (Å²) >= 11 is 1.42. The number of primary amides is 1. The van der Waals surface area contributed by atoms with Crippen molar-refractivity contribution in [2.45, 2.75) is 19.1 Å². The van der Waals surface area contributed by atoms with E-state index in [-0.39, 0.29) is 26.3 Å². The molecule has 2 heterocycles. The molecule has 1 aromatic heterocycles. The van der Waals surface area contributed by atoms with Gasteiger partial charge < -0.3 is 25.8 Å². The van der Waals surface area contributed by atoms with Crippen LogP contribution in [0.25, 0.3) is 21.7 Å². The molecule has 11 heteroatoms. The highest BCUT2D eigenvalue weighted by atomic mass is 32.1. The highest BCUT2D eigenvalue weighted by Crippen LogP contribution is 2.31. The molecule has 3 aromatic rings. The second-order valence-corrected chi connectivity index (χ2v) is 8.74. The lowest BCUT2D eigenvalue weighted by molar-refractivity contribution is -0.143. The van der Waals surface area contributed by atoms with Crippen LogP contribution in [0.15, 0.2) is 47.8 Å². The summed E-state index contributed by atoms with van der Waals surface area (Å²) in [5, 5.41) is 2.56. The van der Waals surface area contributed by atoms with Crippen molar-refractivity contribution < 1.29 is 28.2 Å². The molecular formula is C24H23FN4O5S. The largest absolute Gasteiger partial charge is 0.458 e. The van der Waals surface area contributed by atoms with Crippen LogP contribution in [-0.4, -0.2) is 48.6 Å². The Labute approximate surface area is 204 Å². The molecule has 1 aliphatic heterocycles. The van der Waals surface area contributed by atoms with E-state index in [2.05, 4.69) is 4.98 Å². The van der Waals surface area contributed by atoms with E-state index in [9.17, 15) is 18.8 Å². The van der Waals surface area contributed by atoms with Crippen LogP contribution >= 0.6 is 11.3 Å². The number of thiazole rings is 1. The number of rotatable bonds is 9. The van der Waals surface area contributed by atoms with E-state index >= 15 is 0 Å². The average Bonchev–Trinajstić information content (AvgIpc) is 3.52. The molecule has 1 fully saturated rings. The fourth-order valence-corrected chi connectivity index (χ4v) is 4.41. The first-order chi connectivity index (χ1) is 16.8. The van der Waals surface area contributed by atoms with Crippen molar-refractivity contribution in [3.05, 3.63) is 59.4 Å². The SMILES string of the molecule is NCC(=O)OCc1csc(-c2ccc(-c3ccc(N4CO[C@@H](CC(=O)C(N)=O)C4)cc3F)cc2)n1. The number of ketones is 1. The van der Waals surface area contributed by atoms with Crippen LogP contribution < -0.4 is 16.4 Å². The maximum Gasteiger partial charge on any atom is 0.320 e. The number of benzene rings is 2. The van der Waals surface area contributed by atoms with Crippen molar-refractivity contribution in [2.24, 2.45) is 11.5 Å². The molecule has 0 bridgehead atoms. The Hall–Kier alpha value is -3.67. The van der Waals surface area contributed by atoms with E-state index in [1.807, 2.05) is 29.6 Å². The van der Waals surface area contributed by atoms with Crippen LogP contribution in [-0.2, 0) is 30.5 Å². The standard InChI is InChI=1S/C24H23FN4O5S/c25-20-7-17(29-10-18(34-13-29)8-21(30)23(27)32)5-6-19(20)14-1-3-15(4-2-14)24-28-16(12-35-24)11-33-22(31)9-26/h1-7,12,18H,8-11,13,26H2,(H2,27,32)/t18-/m0/s1. The van der Waals surface area contributed by atoms with Crippen molar-refractivity contribution in [3.63, 3.8) is 0 Å². The fourth-order valence-electron chi connectivity index (χ4n) is 3.60. The van der Waals surface area contributed by atoms with E-state index < -0.39 is 29.6 Å². The van der Waals surface area contributed by atoms with Gasteiger partial charge >= 0.3 is 5.97 Å². The van der Waals surface area contributed by atoms with E-state index in [0.29, 0.717) is 29.1 Å². The number of esters is 1. The molecule has 1 atom stereocenters. The van der Waals surface area contributed by atoms with E-state index in [0.717, 1.165) is 10.6 Å². The molecule has 2 aromatic carbocycles. The summed E-state index contributed by atoms with van der Waals surface area (Å²) in [4.78, 5) is 39.9. The van der Waals surface area contributed by atoms with E-state index in [1.54, 1.807) is 17.0 Å². The Morgan fingerprint density at radius 1 is 1.17 bits per heavy atom. The van der Waals surface area contributed by atoms with Crippen LogP contribution in [0.5, 0.6) is 0 Å². The third-order valence-corrected chi connectivity index (χ3v) is 6.38. The van der Waals surface area contributed by atoms with Gasteiger partial charge in [0.2, 0.25) is 5.78 Å². The lowest BCUT2D eigenvalue weighted by Crippen LogP contribution is -2.29. The number of carbonyl (C=O) groups is 3. The van der Waals surface area contributed by atoms with Gasteiger partial charge in [0.05, 0.1) is 18.3 Å². The molecule has 4 N–H and O–H groups in total. The van der Waals surface area contributed by atoms with Gasteiger partial charge in [-0.1, -0.05) is 24.3 Å². The molecule has 9 nitrogen and oxygen atoms in total. The first-order valence-corrected chi connectivity index (χ1v) is 11.6. The molecule has 1 saturated heterocycles. The van der Waals surface area contributed by atoms with E-state index in [4.69, 9.17) is 20.9 Å². The lowest BCUT2D eigenvalue weighted by atomic mass is 10.0. The summed E-state index contributed by atoms with van der Waals surface area (Å²) < 4.78 is 25.5. The number of nitrogens with two attached hydrogens (primary N) is 2. The van der Waals surface area contributed by atoms with Gasteiger partial charge in [-0.3, -0.25) is 14.4 Å². The summed E-state index contributed by atoms with van der Waals surface area (Å²) in [6.07, 6.45) is -0.567. The summed E-state index contributed by atoms with van der Waals surface area (Å²) in [5.41, 5.74) is 13.5. The molecule has 35 heavy (non-hydrogen) atoms. The van der Waals surface area contributed by atoms with Crippen LogP contribution in [0.3, 0.4) is 0 Å². The van der Waals surface area contributed by atoms with Gasteiger partial charge in [-0.25, -0.2) is 9.37 Å². The highest BCUT2D eigenvalue weighted by Gasteiger charge is 2.27. The maximum atomic E-state index is 15.0. The summed E-state index contributed by atoms with van der Waals surface area (Å²) in [6.45, 7) is 0.422. The molecule has 1 amide bonds. The summed E-state index contributed by atoms with van der Waals surface area (Å²) in [6, 6.07) is 12.2. The highest BCUT2D eigenvalue weighted by molar-refractivity contribution is 7.13. The molecule has 0 radical (unpaired) electrons. The lowest BCUT2D eigenvalue weighted by Gasteiger charge is -2.17. The third kappa shape index (κ3) is 5.88. The Bertz CT molecular complexity index is 1250. The molecule has 0 spiro atoms. The third-order valence-electron chi connectivity index (χ3n) is 5.44. The number of nitrogens with zero attached hydrogens (tertiary/aromatic N) is 2. The average molecular weight is 499 g/mol. The fraction of sp³-hybridized carbons (Fsp3) is 0.250. The van der Waals surface area contributed by atoms with E-state index in [1.165, 1.54) is 17.4 Å². The van der Waals surface area contributed by atoms with Gasteiger partial charge in [-0.15, -0.1) is 11.3 Å². The minimum atomic E-state index is -0.989. The van der Waals surface area contributed by atoms with Crippen LogP contribution in [0.1, 0.15) is 12.1 Å². The normalized spacial score (nSPS) is 15.3. The molecule has 1 aliphatic rings. The van der Waals surface area contributed by atoms with Gasteiger partial charge in [-0.05, 0) is 23.8 Å². The number of hydrogen-bond acceptors (Lipinski definition) is 9. The molecule has 0 saturated carbocycles. The van der Waals surface area contributed by atoms with Gasteiger partial charge in [0.1, 0.15) is 24.2 Å². The molecule has 0 unspecified atom stereocenters. The number of Topliss-reactive ketones (excluding diaryl/α,β-unsaturated/α-hetero) is 1. The molecule has 4 rings (SSSR count). The number of aromatic nitrogens is 1. The first kappa shape index (κ1) is 24.5. The molecule has 0 aliphatic carbocycles. The number of carbonyl (C=O) groups excluding carboxylic acids is 3. The minimum Gasteiger partial charge on any atom is -0.458 e. The molecule has 182 valence electrons. The smallest absolute Gasteiger partial charge is 0.320 e. The Balaban J connectivity index is 1.41. The van der Waals surface area contributed by atoms with Crippen LogP contribution in [0, 0.1) is 5.82 Å². The van der Waals surface area contributed by atoms with Crippen molar-refractivity contribution in [3.8, 4) is 21.7 Å². The summed E-state index contributed by atoms with van der Waals surface area (Å²) in [7, 11) is 0. The number of amides is 1. The van der Waals surface area contributed by atoms with Crippen molar-refractivity contribution >= 4 is 34.7 Å². The van der Waals surface area contributed by atoms with Gasteiger partial charge in [-0.2, -0.15) is 0 Å². The second kappa shape index (κ2) is 10.7. The van der Waals surface area contributed by atoms with Crippen molar-refractivity contribution in [2.75, 3.05) is 24.7 Å². The van der Waals surface area contributed by atoms with Gasteiger partial charge in [0, 0.05) is 35.2 Å². The van der Waals surface area contributed by atoms with Crippen LogP contribution in [0.2, 0.25) is 0 Å². The predicted octanol–water partition coefficient (Wildman–Crippen LogP) is 2.23. The Morgan fingerprint density at radius 2 is 1.91 bits per heavy atom. The maximum absolute atomic E-state index is 15.0. The number of anilines is 1. The van der Waals surface area contributed by atoms with Crippen molar-refractivity contribution in [1.29, 1.82) is 0 Å². The predicted molar refractivity (Wildman–Crippen MR) is 128 cm³/mol. The Morgan fingerprint density at radius 3 is 2.60 bits per heavy atom.